The quantitative estimate of drug-likeness (QED) is 0.457. The third kappa shape index (κ3) is 5.42. The van der Waals surface area contributed by atoms with Crippen LogP contribution in [0.3, 0.4) is 0 Å². The number of nitrogens with one attached hydrogen (secondary N) is 2. The molecule has 1 rings (SSSR count). The summed E-state index contributed by atoms with van der Waals surface area (Å²) in [5.74, 6) is -5.95. The van der Waals surface area contributed by atoms with E-state index in [1.165, 1.54) is 7.11 Å². The van der Waals surface area contributed by atoms with Gasteiger partial charge in [0.25, 0.3) is 0 Å². The van der Waals surface area contributed by atoms with E-state index >= 15 is 0 Å². The van der Waals surface area contributed by atoms with Gasteiger partial charge >= 0.3 is 0 Å². The molecule has 0 unspecified atom stereocenters. The van der Waals surface area contributed by atoms with E-state index in [1.807, 2.05) is 5.32 Å². The Hall–Kier alpha value is -2.09. The summed E-state index contributed by atoms with van der Waals surface area (Å²) in [4.78, 5) is 22.9. The molecule has 0 heterocycles. The zero-order chi connectivity index (χ0) is 15.8. The summed E-state index contributed by atoms with van der Waals surface area (Å²) in [5, 5.41) is 4.47. The molecule has 0 aliphatic heterocycles. The van der Waals surface area contributed by atoms with Crippen molar-refractivity contribution >= 4 is 17.5 Å². The molecule has 8 heteroatoms. The fraction of sp³-hybridized carbons (Fsp3) is 0.385. The van der Waals surface area contributed by atoms with Crippen molar-refractivity contribution in [2.45, 2.75) is 12.8 Å². The molecule has 0 aromatic heterocycles. The van der Waals surface area contributed by atoms with Crippen LogP contribution in [-0.4, -0.2) is 32.1 Å². The maximum atomic E-state index is 13.3. The van der Waals surface area contributed by atoms with Crippen LogP contribution in [0, 0.1) is 17.5 Å². The van der Waals surface area contributed by atoms with Gasteiger partial charge in [0, 0.05) is 20.3 Å². The second kappa shape index (κ2) is 8.25. The van der Waals surface area contributed by atoms with E-state index in [9.17, 15) is 22.8 Å². The fourth-order valence-electron chi connectivity index (χ4n) is 1.47. The number of ether oxygens (including phenoxy) is 1. The molecule has 0 atom stereocenters. The molecule has 0 fully saturated rings. The molecule has 0 saturated carbocycles. The van der Waals surface area contributed by atoms with Crippen LogP contribution >= 0.6 is 0 Å². The molecular formula is C13H15F3N2O3. The average Bonchev–Trinajstić information content (AvgIpc) is 2.44. The molecule has 1 aromatic carbocycles. The van der Waals surface area contributed by atoms with Crippen LogP contribution in [0.15, 0.2) is 12.1 Å². The molecule has 2 amide bonds. The lowest BCUT2D eigenvalue weighted by molar-refractivity contribution is -0.126. The first kappa shape index (κ1) is 17.0. The molecule has 5 nitrogen and oxygen atoms in total. The van der Waals surface area contributed by atoms with Crippen molar-refractivity contribution in [1.82, 2.24) is 5.32 Å². The number of benzene rings is 1. The van der Waals surface area contributed by atoms with E-state index in [2.05, 4.69) is 5.32 Å². The summed E-state index contributed by atoms with van der Waals surface area (Å²) in [6.45, 7) is 0.798. The SMILES string of the molecule is COCCCNC(=O)CC(=O)Nc1ccc(F)c(F)c1F. The second-order valence-corrected chi connectivity index (χ2v) is 4.14. The molecule has 2 N–H and O–H groups in total. The second-order valence-electron chi connectivity index (χ2n) is 4.14. The Morgan fingerprint density at radius 3 is 2.52 bits per heavy atom. The Kier molecular flexibility index (Phi) is 6.67. The molecule has 0 aliphatic rings. The lowest BCUT2D eigenvalue weighted by Crippen LogP contribution is -2.29. The maximum absolute atomic E-state index is 13.3. The highest BCUT2D eigenvalue weighted by Gasteiger charge is 2.16. The number of carbonyl (C=O) groups is 2. The first-order valence-corrected chi connectivity index (χ1v) is 6.14. The van der Waals surface area contributed by atoms with Gasteiger partial charge in [-0.2, -0.15) is 0 Å². The standard InChI is InChI=1S/C13H15F3N2O3/c1-21-6-2-5-17-10(19)7-11(20)18-9-4-3-8(14)12(15)13(9)16/h3-4H,2,5-7H2,1H3,(H,17,19)(H,18,20). The van der Waals surface area contributed by atoms with Crippen LogP contribution in [0.5, 0.6) is 0 Å². The zero-order valence-corrected chi connectivity index (χ0v) is 11.3. The Balaban J connectivity index is 2.47. The van der Waals surface area contributed by atoms with Crippen molar-refractivity contribution in [3.8, 4) is 0 Å². The molecule has 116 valence electrons. The minimum atomic E-state index is -1.68. The molecule has 0 spiro atoms. The van der Waals surface area contributed by atoms with Crippen LogP contribution in [0.2, 0.25) is 0 Å². The van der Waals surface area contributed by atoms with E-state index in [4.69, 9.17) is 4.74 Å². The van der Waals surface area contributed by atoms with Crippen molar-refractivity contribution in [3.63, 3.8) is 0 Å². The van der Waals surface area contributed by atoms with Crippen molar-refractivity contribution in [2.75, 3.05) is 25.6 Å². The van der Waals surface area contributed by atoms with Gasteiger partial charge in [-0.05, 0) is 18.6 Å². The molecule has 1 aromatic rings. The van der Waals surface area contributed by atoms with Gasteiger partial charge in [-0.3, -0.25) is 9.59 Å². The van der Waals surface area contributed by atoms with E-state index in [0.29, 0.717) is 25.6 Å². The van der Waals surface area contributed by atoms with Gasteiger partial charge in [0.05, 0.1) is 5.69 Å². The van der Waals surface area contributed by atoms with Gasteiger partial charge in [-0.25, -0.2) is 13.2 Å². The smallest absolute Gasteiger partial charge is 0.233 e. The van der Waals surface area contributed by atoms with Crippen molar-refractivity contribution in [3.05, 3.63) is 29.6 Å². The predicted octanol–water partition coefficient (Wildman–Crippen LogP) is 1.59. The highest BCUT2D eigenvalue weighted by molar-refractivity contribution is 6.03. The topological polar surface area (TPSA) is 67.4 Å². The highest BCUT2D eigenvalue weighted by atomic mass is 19.2. The van der Waals surface area contributed by atoms with Gasteiger partial charge in [-0.15, -0.1) is 0 Å². The van der Waals surface area contributed by atoms with Gasteiger partial charge in [0.1, 0.15) is 6.42 Å². The minimum Gasteiger partial charge on any atom is -0.385 e. The summed E-state index contributed by atoms with van der Waals surface area (Å²) in [5.41, 5.74) is -0.522. The number of amides is 2. The third-order valence-corrected chi connectivity index (χ3v) is 2.48. The summed E-state index contributed by atoms with van der Waals surface area (Å²) < 4.78 is 43.7. The van der Waals surface area contributed by atoms with Crippen molar-refractivity contribution in [2.24, 2.45) is 0 Å². The summed E-state index contributed by atoms with van der Waals surface area (Å²) >= 11 is 0. The van der Waals surface area contributed by atoms with Gasteiger partial charge in [0.15, 0.2) is 17.5 Å². The van der Waals surface area contributed by atoms with Crippen LogP contribution in [0.4, 0.5) is 18.9 Å². The summed E-state index contributed by atoms with van der Waals surface area (Å²) in [6.07, 6.45) is 0.0348. The lowest BCUT2D eigenvalue weighted by Gasteiger charge is -2.08. The van der Waals surface area contributed by atoms with Crippen molar-refractivity contribution in [1.29, 1.82) is 0 Å². The number of rotatable bonds is 7. The van der Waals surface area contributed by atoms with Crippen LogP contribution in [0.1, 0.15) is 12.8 Å². The predicted molar refractivity (Wildman–Crippen MR) is 69.1 cm³/mol. The van der Waals surface area contributed by atoms with Crippen molar-refractivity contribution < 1.29 is 27.5 Å². The average molecular weight is 304 g/mol. The summed E-state index contributed by atoms with van der Waals surface area (Å²) in [7, 11) is 1.52. The lowest BCUT2D eigenvalue weighted by atomic mass is 10.2. The number of anilines is 1. The Morgan fingerprint density at radius 1 is 1.14 bits per heavy atom. The number of methoxy groups -OCH3 is 1. The highest BCUT2D eigenvalue weighted by Crippen LogP contribution is 2.19. The van der Waals surface area contributed by atoms with E-state index in [-0.39, 0.29) is 0 Å². The molecule has 0 radical (unpaired) electrons. The molecule has 0 bridgehead atoms. The zero-order valence-electron chi connectivity index (χ0n) is 11.3. The number of halogens is 3. The Labute approximate surface area is 119 Å². The van der Waals surface area contributed by atoms with E-state index in [1.54, 1.807) is 0 Å². The Morgan fingerprint density at radius 2 is 1.86 bits per heavy atom. The van der Waals surface area contributed by atoms with E-state index in [0.717, 1.165) is 6.07 Å². The fourth-order valence-corrected chi connectivity index (χ4v) is 1.47. The number of hydrogen-bond acceptors (Lipinski definition) is 3. The van der Waals surface area contributed by atoms with E-state index < -0.39 is 41.4 Å². The van der Waals surface area contributed by atoms with Gasteiger partial charge < -0.3 is 15.4 Å². The summed E-state index contributed by atoms with van der Waals surface area (Å²) in [6, 6.07) is 1.56. The number of carbonyl (C=O) groups excluding carboxylic acids is 2. The number of hydrogen-bond donors (Lipinski definition) is 2. The minimum absolute atomic E-state index is 0.333. The molecule has 0 saturated heterocycles. The molecule has 21 heavy (non-hydrogen) atoms. The normalized spacial score (nSPS) is 10.3. The molecular weight excluding hydrogens is 289 g/mol. The van der Waals surface area contributed by atoms with Gasteiger partial charge in [0.2, 0.25) is 11.8 Å². The third-order valence-electron chi connectivity index (χ3n) is 2.48. The largest absolute Gasteiger partial charge is 0.385 e. The van der Waals surface area contributed by atoms with Crippen LogP contribution < -0.4 is 10.6 Å². The monoisotopic (exact) mass is 304 g/mol. The Bertz CT molecular complexity index is 524. The van der Waals surface area contributed by atoms with Crippen LogP contribution in [-0.2, 0) is 14.3 Å². The molecule has 0 aliphatic carbocycles. The first-order valence-electron chi connectivity index (χ1n) is 6.14. The van der Waals surface area contributed by atoms with Crippen LogP contribution in [0.25, 0.3) is 0 Å². The first-order chi connectivity index (χ1) is 9.95. The van der Waals surface area contributed by atoms with Gasteiger partial charge in [-0.1, -0.05) is 0 Å². The maximum Gasteiger partial charge on any atom is 0.233 e.